The zero-order valence-corrected chi connectivity index (χ0v) is 18.9. The van der Waals surface area contributed by atoms with Crippen LogP contribution in [0, 0.1) is 11.8 Å². The number of carbonyl (C=O) groups excluding carboxylic acids is 1. The first-order valence-electron chi connectivity index (χ1n) is 10.3. The third-order valence-corrected chi connectivity index (χ3v) is 6.81. The van der Waals surface area contributed by atoms with Gasteiger partial charge in [-0.3, -0.25) is 4.57 Å². The molecule has 1 saturated heterocycles. The largest absolute Gasteiger partial charge is 0.375 e. The van der Waals surface area contributed by atoms with Gasteiger partial charge in [0.2, 0.25) is 0 Å². The molecule has 1 aromatic rings. The molecule has 1 atom stereocenters. The Balaban J connectivity index is 1.60. The van der Waals surface area contributed by atoms with Crippen LogP contribution in [0.5, 0.6) is 0 Å². The lowest BCUT2D eigenvalue weighted by atomic mass is 10.2. The number of amides is 2. The highest BCUT2D eigenvalue weighted by molar-refractivity contribution is 7.87. The first kappa shape index (κ1) is 21.6. The van der Waals surface area contributed by atoms with Gasteiger partial charge in [-0.25, -0.2) is 18.7 Å². The average Bonchev–Trinajstić information content (AvgIpc) is 3.42. The molecule has 9 nitrogen and oxygen atoms in total. The van der Waals surface area contributed by atoms with E-state index in [1.807, 2.05) is 15.5 Å². The molecular weight excluding hydrogens is 416 g/mol. The number of urea groups is 1. The van der Waals surface area contributed by atoms with E-state index < -0.39 is 16.7 Å². The number of fused-ring (bicyclic) bond motifs is 1. The number of nitrogens with one attached hydrogen (secondary N) is 1. The first-order valence-corrected chi connectivity index (χ1v) is 11.5. The highest BCUT2D eigenvalue weighted by Crippen LogP contribution is 2.33. The van der Waals surface area contributed by atoms with Gasteiger partial charge in [-0.15, -0.1) is 0 Å². The third kappa shape index (κ3) is 4.69. The lowest BCUT2D eigenvalue weighted by Gasteiger charge is -2.38. The predicted octanol–water partition coefficient (Wildman–Crippen LogP) is 0.528. The Kier molecular flexibility index (Phi) is 5.92. The number of allylic oxidation sites excluding steroid dienone is 2. The molecule has 10 heteroatoms. The van der Waals surface area contributed by atoms with Crippen molar-refractivity contribution in [1.82, 2.24) is 29.0 Å². The van der Waals surface area contributed by atoms with Crippen LogP contribution in [-0.4, -0.2) is 85.6 Å². The standard InChI is InChI=1S/C21H28N6O3S/c1-4-5-16-14-22-19-13-17(25-8-10-26(11-9-25)20(28)24(2)3)12-18(15-27(16)19)31(30)23-21(29)6-7-21/h12,14-15,23,29H,6-11,13H2,1-3H3. The fourth-order valence-electron chi connectivity index (χ4n) is 3.66. The number of carbonyl (C=O) groups is 1. The molecule has 1 unspecified atom stereocenters. The van der Waals surface area contributed by atoms with Crippen LogP contribution in [0.4, 0.5) is 4.79 Å². The van der Waals surface area contributed by atoms with Gasteiger partial charge in [0, 0.05) is 58.6 Å². The number of rotatable bonds is 4. The number of imidazole rings is 1. The van der Waals surface area contributed by atoms with Crippen molar-refractivity contribution in [3.8, 4) is 11.8 Å². The van der Waals surface area contributed by atoms with Crippen LogP contribution >= 0.6 is 0 Å². The van der Waals surface area contributed by atoms with Gasteiger partial charge in [0.05, 0.1) is 11.1 Å². The maximum Gasteiger partial charge on any atom is 0.319 e. The Labute approximate surface area is 185 Å². The molecule has 1 saturated carbocycles. The summed E-state index contributed by atoms with van der Waals surface area (Å²) in [5, 5.41) is 10.2. The second-order valence-corrected chi connectivity index (χ2v) is 9.42. The molecule has 1 aromatic heterocycles. The number of aromatic nitrogens is 2. The number of piperazine rings is 1. The number of hydrogen-bond acceptors (Lipinski definition) is 5. The Morgan fingerprint density at radius 1 is 1.29 bits per heavy atom. The van der Waals surface area contributed by atoms with Crippen molar-refractivity contribution in [2.24, 2.45) is 0 Å². The van der Waals surface area contributed by atoms with Gasteiger partial charge in [-0.05, 0) is 31.8 Å². The summed E-state index contributed by atoms with van der Waals surface area (Å²) < 4.78 is 17.7. The average molecular weight is 445 g/mol. The zero-order chi connectivity index (χ0) is 22.2. The second-order valence-electron chi connectivity index (χ2n) is 8.20. The second kappa shape index (κ2) is 8.49. The van der Waals surface area contributed by atoms with Crippen LogP contribution in [0.1, 0.15) is 31.3 Å². The Hall–Kier alpha value is -2.61. The molecule has 2 fully saturated rings. The quantitative estimate of drug-likeness (QED) is 0.522. The van der Waals surface area contributed by atoms with Gasteiger partial charge in [-0.1, -0.05) is 5.92 Å². The fraction of sp³-hybridized carbons (Fsp3) is 0.524. The Morgan fingerprint density at radius 2 is 2.00 bits per heavy atom. The molecule has 0 aromatic carbocycles. The Morgan fingerprint density at radius 3 is 2.61 bits per heavy atom. The van der Waals surface area contributed by atoms with Gasteiger partial charge >= 0.3 is 6.03 Å². The minimum absolute atomic E-state index is 0.0105. The van der Waals surface area contributed by atoms with Crippen molar-refractivity contribution in [2.45, 2.75) is 31.9 Å². The summed E-state index contributed by atoms with van der Waals surface area (Å²) in [6, 6.07) is 0.0105. The van der Waals surface area contributed by atoms with Crippen LogP contribution < -0.4 is 4.72 Å². The van der Waals surface area contributed by atoms with Gasteiger partial charge in [0.15, 0.2) is 0 Å². The molecule has 0 spiro atoms. The molecule has 4 rings (SSSR count). The van der Waals surface area contributed by atoms with E-state index in [1.54, 1.807) is 38.3 Å². The molecule has 31 heavy (non-hydrogen) atoms. The molecule has 0 bridgehead atoms. The highest BCUT2D eigenvalue weighted by atomic mass is 32.2. The van der Waals surface area contributed by atoms with Gasteiger partial charge < -0.3 is 19.8 Å². The summed E-state index contributed by atoms with van der Waals surface area (Å²) in [5.74, 6) is 6.74. The molecule has 2 aliphatic heterocycles. The number of hydrogen-bond donors (Lipinski definition) is 2. The van der Waals surface area contributed by atoms with E-state index in [0.29, 0.717) is 50.3 Å². The van der Waals surface area contributed by atoms with Crippen molar-refractivity contribution in [2.75, 3.05) is 40.3 Å². The minimum Gasteiger partial charge on any atom is -0.375 e. The lowest BCUT2D eigenvalue weighted by molar-refractivity contribution is 0.136. The van der Waals surface area contributed by atoms with E-state index in [9.17, 15) is 14.1 Å². The van der Waals surface area contributed by atoms with E-state index in [-0.39, 0.29) is 6.03 Å². The number of aliphatic hydroxyl groups is 1. The van der Waals surface area contributed by atoms with E-state index >= 15 is 0 Å². The SMILES string of the molecule is CC#Cc1cnc2n1C=C(S(=O)NC1(O)CC1)C=C(N1CCN(C(=O)N(C)C)CC1)C2. The maximum absolute atomic E-state index is 13.0. The monoisotopic (exact) mass is 444 g/mol. The predicted molar refractivity (Wildman–Crippen MR) is 119 cm³/mol. The molecule has 2 N–H and O–H groups in total. The number of nitrogens with zero attached hydrogens (tertiary/aromatic N) is 5. The summed E-state index contributed by atoms with van der Waals surface area (Å²) in [7, 11) is 1.93. The van der Waals surface area contributed by atoms with Crippen molar-refractivity contribution >= 4 is 23.2 Å². The van der Waals surface area contributed by atoms with E-state index in [2.05, 4.69) is 26.4 Å². The van der Waals surface area contributed by atoms with Gasteiger partial charge in [0.1, 0.15) is 28.2 Å². The van der Waals surface area contributed by atoms with E-state index in [0.717, 1.165) is 17.2 Å². The normalized spacial score (nSPS) is 20.5. The Bertz CT molecular complexity index is 1020. The van der Waals surface area contributed by atoms with Gasteiger partial charge in [-0.2, -0.15) is 0 Å². The summed E-state index contributed by atoms with van der Waals surface area (Å²) in [6.07, 6.45) is 7.17. The van der Waals surface area contributed by atoms with Crippen molar-refractivity contribution in [3.05, 3.63) is 34.4 Å². The van der Waals surface area contributed by atoms with Crippen molar-refractivity contribution < 1.29 is 14.1 Å². The third-order valence-electron chi connectivity index (χ3n) is 5.59. The van der Waals surface area contributed by atoms with E-state index in [4.69, 9.17) is 0 Å². The summed E-state index contributed by atoms with van der Waals surface area (Å²) in [4.78, 5) is 23.0. The lowest BCUT2D eigenvalue weighted by Crippen LogP contribution is -2.51. The zero-order valence-electron chi connectivity index (χ0n) is 18.1. The van der Waals surface area contributed by atoms with Crippen LogP contribution in [0.25, 0.3) is 6.20 Å². The molecule has 3 heterocycles. The highest BCUT2D eigenvalue weighted by Gasteiger charge is 2.42. The molecule has 166 valence electrons. The molecular formula is C21H28N6O3S. The smallest absolute Gasteiger partial charge is 0.319 e. The van der Waals surface area contributed by atoms with Crippen LogP contribution in [0.15, 0.2) is 22.9 Å². The minimum atomic E-state index is -1.58. The first-order chi connectivity index (χ1) is 14.8. The van der Waals surface area contributed by atoms with Gasteiger partial charge in [0.25, 0.3) is 0 Å². The fourth-order valence-corrected chi connectivity index (χ4v) is 4.77. The molecule has 2 amide bonds. The van der Waals surface area contributed by atoms with Crippen molar-refractivity contribution in [1.29, 1.82) is 0 Å². The molecule has 1 aliphatic carbocycles. The topological polar surface area (TPSA) is 93.9 Å². The summed E-state index contributed by atoms with van der Waals surface area (Å²) in [5.41, 5.74) is 0.670. The van der Waals surface area contributed by atoms with Crippen LogP contribution in [0.2, 0.25) is 0 Å². The van der Waals surface area contributed by atoms with Crippen molar-refractivity contribution in [3.63, 3.8) is 0 Å². The molecule has 3 aliphatic rings. The van der Waals surface area contributed by atoms with Crippen LogP contribution in [-0.2, 0) is 17.4 Å². The van der Waals surface area contributed by atoms with Crippen LogP contribution in [0.3, 0.4) is 0 Å². The summed E-state index contributed by atoms with van der Waals surface area (Å²) in [6.45, 7) is 4.38. The summed E-state index contributed by atoms with van der Waals surface area (Å²) >= 11 is 0. The van der Waals surface area contributed by atoms with E-state index in [1.165, 1.54) is 0 Å². The molecule has 0 radical (unpaired) electrons. The maximum atomic E-state index is 13.0.